The van der Waals surface area contributed by atoms with Crippen LogP contribution in [0.5, 0.6) is 0 Å². The second-order valence-corrected chi connectivity index (χ2v) is 5.55. The summed E-state index contributed by atoms with van der Waals surface area (Å²) in [5, 5.41) is 9.96. The van der Waals surface area contributed by atoms with Crippen molar-refractivity contribution >= 4 is 5.97 Å². The van der Waals surface area contributed by atoms with Gasteiger partial charge >= 0.3 is 5.97 Å². The van der Waals surface area contributed by atoms with Gasteiger partial charge in [-0.05, 0) is 25.6 Å². The van der Waals surface area contributed by atoms with E-state index in [2.05, 4.69) is 4.90 Å². The molecule has 1 aromatic rings. The highest BCUT2D eigenvalue weighted by Gasteiger charge is 2.45. The molecule has 0 unspecified atom stereocenters. The maximum Gasteiger partial charge on any atom is 0.338 e. The van der Waals surface area contributed by atoms with E-state index < -0.39 is 0 Å². The summed E-state index contributed by atoms with van der Waals surface area (Å²) in [5.74, 6) is -0.260. The third-order valence-corrected chi connectivity index (χ3v) is 4.38. The van der Waals surface area contributed by atoms with Gasteiger partial charge in [-0.1, -0.05) is 18.2 Å². The van der Waals surface area contributed by atoms with Gasteiger partial charge in [0.15, 0.2) is 0 Å². The lowest BCUT2D eigenvalue weighted by Crippen LogP contribution is -2.45. The standard InChI is InChI=1S/C15H19NO3/c1-16-11-7-12(9-13(16)14(17)8-11)19-15(18)10-5-3-2-4-6-10/h2-6,11-14,17H,7-9H2,1H3/t11-,12-,13+,14-/m0/s1. The fourth-order valence-corrected chi connectivity index (χ4v) is 3.29. The molecule has 2 bridgehead atoms. The lowest BCUT2D eigenvalue weighted by Gasteiger charge is -2.36. The van der Waals surface area contributed by atoms with Crippen LogP contribution < -0.4 is 0 Å². The van der Waals surface area contributed by atoms with E-state index in [1.54, 1.807) is 12.1 Å². The molecule has 102 valence electrons. The van der Waals surface area contributed by atoms with Crippen molar-refractivity contribution in [2.24, 2.45) is 0 Å². The Balaban J connectivity index is 1.65. The third-order valence-electron chi connectivity index (χ3n) is 4.38. The fraction of sp³-hybridized carbons (Fsp3) is 0.533. The molecule has 4 atom stereocenters. The Bertz CT molecular complexity index is 462. The Kier molecular flexibility index (Phi) is 3.29. The van der Waals surface area contributed by atoms with Gasteiger partial charge in [-0.2, -0.15) is 0 Å². The zero-order valence-corrected chi connectivity index (χ0v) is 11.0. The Morgan fingerprint density at radius 3 is 2.68 bits per heavy atom. The van der Waals surface area contributed by atoms with Gasteiger partial charge in [0.05, 0.1) is 11.7 Å². The molecule has 2 aliphatic rings. The lowest BCUT2D eigenvalue weighted by molar-refractivity contribution is -0.00833. The first-order valence-electron chi connectivity index (χ1n) is 6.81. The van der Waals surface area contributed by atoms with Crippen LogP contribution in [0.3, 0.4) is 0 Å². The number of fused-ring (bicyclic) bond motifs is 2. The summed E-state index contributed by atoms with van der Waals surface area (Å²) >= 11 is 0. The zero-order chi connectivity index (χ0) is 13.4. The number of piperidine rings is 1. The largest absolute Gasteiger partial charge is 0.459 e. The van der Waals surface area contributed by atoms with Crippen LogP contribution >= 0.6 is 0 Å². The molecule has 4 heteroatoms. The number of ether oxygens (including phenoxy) is 1. The van der Waals surface area contributed by atoms with E-state index in [1.807, 2.05) is 25.2 Å². The van der Waals surface area contributed by atoms with Crippen LogP contribution in [0.25, 0.3) is 0 Å². The summed E-state index contributed by atoms with van der Waals surface area (Å²) < 4.78 is 5.58. The van der Waals surface area contributed by atoms with Crippen molar-refractivity contribution in [2.45, 2.75) is 43.6 Å². The van der Waals surface area contributed by atoms with Gasteiger partial charge in [0.25, 0.3) is 0 Å². The average molecular weight is 261 g/mol. The van der Waals surface area contributed by atoms with Gasteiger partial charge in [-0.3, -0.25) is 4.90 Å². The van der Waals surface area contributed by atoms with Crippen LogP contribution in [0, 0.1) is 0 Å². The molecule has 1 N–H and O–H groups in total. The van der Waals surface area contributed by atoms with Crippen molar-refractivity contribution in [1.82, 2.24) is 4.90 Å². The van der Waals surface area contributed by atoms with Crippen LogP contribution in [0.15, 0.2) is 30.3 Å². The van der Waals surface area contributed by atoms with E-state index in [1.165, 1.54) is 0 Å². The quantitative estimate of drug-likeness (QED) is 0.818. The second-order valence-electron chi connectivity index (χ2n) is 5.55. The molecule has 2 fully saturated rings. The summed E-state index contributed by atoms with van der Waals surface area (Å²) in [5.41, 5.74) is 0.592. The second kappa shape index (κ2) is 4.94. The molecule has 19 heavy (non-hydrogen) atoms. The van der Waals surface area contributed by atoms with Crippen molar-refractivity contribution < 1.29 is 14.6 Å². The molecular formula is C15H19NO3. The maximum atomic E-state index is 12.0. The highest BCUT2D eigenvalue weighted by molar-refractivity contribution is 5.89. The summed E-state index contributed by atoms with van der Waals surface area (Å²) in [4.78, 5) is 14.2. The predicted molar refractivity (Wildman–Crippen MR) is 70.8 cm³/mol. The highest BCUT2D eigenvalue weighted by Crippen LogP contribution is 2.36. The molecule has 2 heterocycles. The van der Waals surface area contributed by atoms with E-state index in [0.717, 1.165) is 19.3 Å². The van der Waals surface area contributed by atoms with E-state index in [9.17, 15) is 9.90 Å². The van der Waals surface area contributed by atoms with Crippen LogP contribution in [0.4, 0.5) is 0 Å². The average Bonchev–Trinajstić information content (AvgIpc) is 2.59. The van der Waals surface area contributed by atoms with Gasteiger partial charge in [0.2, 0.25) is 0 Å². The maximum absolute atomic E-state index is 12.0. The first kappa shape index (κ1) is 12.6. The number of nitrogens with zero attached hydrogens (tertiary/aromatic N) is 1. The number of likely N-dealkylation sites (N-methyl/N-ethyl adjacent to an activating group) is 1. The summed E-state index contributed by atoms with van der Waals surface area (Å²) in [7, 11) is 2.04. The third kappa shape index (κ3) is 2.38. The first-order valence-corrected chi connectivity index (χ1v) is 6.81. The summed E-state index contributed by atoms with van der Waals surface area (Å²) in [6, 6.07) is 9.54. The highest BCUT2D eigenvalue weighted by atomic mass is 16.5. The van der Waals surface area contributed by atoms with Crippen molar-refractivity contribution in [3.05, 3.63) is 35.9 Å². The molecule has 3 rings (SSSR count). The SMILES string of the molecule is CN1[C@H]2C[C@H](OC(=O)c3ccccc3)C[C@@H]1[C@@H](O)C2. The van der Waals surface area contributed by atoms with Gasteiger partial charge in [-0.25, -0.2) is 4.79 Å². The molecule has 0 saturated carbocycles. The van der Waals surface area contributed by atoms with Crippen LogP contribution in [-0.2, 0) is 4.74 Å². The van der Waals surface area contributed by atoms with Gasteiger partial charge in [-0.15, -0.1) is 0 Å². The number of rotatable bonds is 2. The number of hydrogen-bond acceptors (Lipinski definition) is 4. The van der Waals surface area contributed by atoms with Crippen molar-refractivity contribution in [3.63, 3.8) is 0 Å². The molecule has 2 aliphatic heterocycles. The topological polar surface area (TPSA) is 49.8 Å². The molecule has 4 nitrogen and oxygen atoms in total. The molecule has 1 aromatic carbocycles. The van der Waals surface area contributed by atoms with Crippen molar-refractivity contribution in [2.75, 3.05) is 7.05 Å². The molecular weight excluding hydrogens is 242 g/mol. The van der Waals surface area contributed by atoms with E-state index >= 15 is 0 Å². The van der Waals surface area contributed by atoms with Crippen LogP contribution in [0.1, 0.15) is 29.6 Å². The predicted octanol–water partition coefficient (Wildman–Crippen LogP) is 1.44. The van der Waals surface area contributed by atoms with Crippen molar-refractivity contribution in [3.8, 4) is 0 Å². The molecule has 0 aliphatic carbocycles. The van der Waals surface area contributed by atoms with Crippen molar-refractivity contribution in [1.29, 1.82) is 0 Å². The minimum Gasteiger partial charge on any atom is -0.459 e. The number of esters is 1. The molecule has 0 spiro atoms. The number of aliphatic hydroxyl groups excluding tert-OH is 1. The lowest BCUT2D eigenvalue weighted by atomic mass is 10.00. The van der Waals surface area contributed by atoms with Gasteiger partial charge < -0.3 is 9.84 Å². The zero-order valence-electron chi connectivity index (χ0n) is 11.0. The van der Waals surface area contributed by atoms with E-state index in [0.29, 0.717) is 11.6 Å². The van der Waals surface area contributed by atoms with Crippen LogP contribution in [0.2, 0.25) is 0 Å². The number of carbonyl (C=O) groups excluding carboxylic acids is 1. The number of benzene rings is 1. The Morgan fingerprint density at radius 1 is 1.26 bits per heavy atom. The number of aliphatic hydroxyl groups is 1. The minimum atomic E-state index is -0.282. The van der Waals surface area contributed by atoms with E-state index in [4.69, 9.17) is 4.74 Å². The molecule has 0 aromatic heterocycles. The molecule has 2 saturated heterocycles. The van der Waals surface area contributed by atoms with Crippen LogP contribution in [-0.4, -0.2) is 47.3 Å². The van der Waals surface area contributed by atoms with E-state index in [-0.39, 0.29) is 24.2 Å². The first-order chi connectivity index (χ1) is 9.15. The number of carbonyl (C=O) groups is 1. The van der Waals surface area contributed by atoms with Gasteiger partial charge in [0.1, 0.15) is 6.10 Å². The Morgan fingerprint density at radius 2 is 2.00 bits per heavy atom. The van der Waals surface area contributed by atoms with Gasteiger partial charge in [0, 0.05) is 24.9 Å². The fourth-order valence-electron chi connectivity index (χ4n) is 3.29. The monoisotopic (exact) mass is 261 g/mol. The normalized spacial score (nSPS) is 34.2. The summed E-state index contributed by atoms with van der Waals surface area (Å²) in [6.45, 7) is 0. The Hall–Kier alpha value is -1.39. The summed E-state index contributed by atoms with van der Waals surface area (Å²) in [6.07, 6.45) is 1.99. The smallest absolute Gasteiger partial charge is 0.338 e. The minimum absolute atomic E-state index is 0.0731. The Labute approximate surface area is 113 Å². The number of hydrogen-bond donors (Lipinski definition) is 1. The molecule has 0 radical (unpaired) electrons. The molecule has 0 amide bonds.